The molecule has 0 aliphatic carbocycles. The maximum atomic E-state index is 12.8. The molecule has 1 saturated heterocycles. The average Bonchev–Trinajstić information content (AvgIpc) is 3.29. The predicted molar refractivity (Wildman–Crippen MR) is 132 cm³/mol. The van der Waals surface area contributed by atoms with Crippen molar-refractivity contribution in [3.8, 4) is 5.69 Å². The Kier molecular flexibility index (Phi) is 7.59. The molecule has 2 amide bonds. The lowest BCUT2D eigenvalue weighted by Gasteiger charge is -2.34. The minimum Gasteiger partial charge on any atom is -0.339 e. The van der Waals surface area contributed by atoms with Gasteiger partial charge in [-0.1, -0.05) is 41.6 Å². The standard InChI is InChI=1S/C24H29N7O2S/c1-17-7-9-20(10-8-17)25-22(32)15-29-11-13-30(14-12-29)23(33)16-34-24-26-27-28-31(24)21-6-4-5-18(2)19(21)3/h4-10H,11-16H2,1-3H3,(H,25,32). The van der Waals surface area contributed by atoms with Gasteiger partial charge in [0.1, 0.15) is 0 Å². The number of thioether (sulfide) groups is 1. The first-order valence-electron chi connectivity index (χ1n) is 11.2. The molecule has 1 aliphatic rings. The van der Waals surface area contributed by atoms with E-state index < -0.39 is 0 Å². The van der Waals surface area contributed by atoms with Crippen LogP contribution in [0.5, 0.6) is 0 Å². The van der Waals surface area contributed by atoms with Crippen molar-refractivity contribution in [2.45, 2.75) is 25.9 Å². The van der Waals surface area contributed by atoms with E-state index in [0.717, 1.165) is 28.1 Å². The van der Waals surface area contributed by atoms with Crippen molar-refractivity contribution in [2.75, 3.05) is 43.8 Å². The van der Waals surface area contributed by atoms with E-state index in [9.17, 15) is 9.59 Å². The summed E-state index contributed by atoms with van der Waals surface area (Å²) in [5, 5.41) is 15.5. The zero-order chi connectivity index (χ0) is 24.1. The van der Waals surface area contributed by atoms with Crippen LogP contribution in [0.2, 0.25) is 0 Å². The number of aryl methyl sites for hydroxylation is 2. The smallest absolute Gasteiger partial charge is 0.238 e. The third kappa shape index (κ3) is 5.81. The number of rotatable bonds is 7. The number of amides is 2. The van der Waals surface area contributed by atoms with E-state index in [4.69, 9.17) is 0 Å². The van der Waals surface area contributed by atoms with Crippen LogP contribution >= 0.6 is 11.8 Å². The minimum atomic E-state index is -0.0440. The molecule has 1 aliphatic heterocycles. The van der Waals surface area contributed by atoms with Crippen LogP contribution in [-0.4, -0.2) is 80.3 Å². The second kappa shape index (κ2) is 10.8. The molecule has 10 heteroatoms. The predicted octanol–water partition coefficient (Wildman–Crippen LogP) is 2.46. The number of anilines is 1. The Morgan fingerprint density at radius 3 is 2.47 bits per heavy atom. The summed E-state index contributed by atoms with van der Waals surface area (Å²) in [5.74, 6) is 0.265. The van der Waals surface area contributed by atoms with Crippen LogP contribution in [0.4, 0.5) is 5.69 Å². The number of tetrazole rings is 1. The maximum Gasteiger partial charge on any atom is 0.238 e. The fourth-order valence-electron chi connectivity index (χ4n) is 3.80. The Morgan fingerprint density at radius 2 is 1.74 bits per heavy atom. The number of hydrogen-bond acceptors (Lipinski definition) is 7. The molecule has 1 fully saturated rings. The molecule has 34 heavy (non-hydrogen) atoms. The molecule has 0 saturated carbocycles. The molecule has 0 atom stereocenters. The first-order valence-corrected chi connectivity index (χ1v) is 12.2. The van der Waals surface area contributed by atoms with E-state index in [-0.39, 0.29) is 17.6 Å². The van der Waals surface area contributed by atoms with Crippen LogP contribution in [0.1, 0.15) is 16.7 Å². The average molecular weight is 480 g/mol. The van der Waals surface area contributed by atoms with Crippen LogP contribution in [0, 0.1) is 20.8 Å². The zero-order valence-corrected chi connectivity index (χ0v) is 20.5. The molecule has 178 valence electrons. The van der Waals surface area contributed by atoms with Crippen LogP contribution in [0.3, 0.4) is 0 Å². The van der Waals surface area contributed by atoms with E-state index in [2.05, 4.69) is 25.7 Å². The van der Waals surface area contributed by atoms with E-state index >= 15 is 0 Å². The van der Waals surface area contributed by atoms with E-state index in [0.29, 0.717) is 37.9 Å². The highest BCUT2D eigenvalue weighted by Gasteiger charge is 2.23. The van der Waals surface area contributed by atoms with Crippen LogP contribution in [0.25, 0.3) is 5.69 Å². The van der Waals surface area contributed by atoms with Gasteiger partial charge in [-0.15, -0.1) is 5.10 Å². The van der Waals surface area contributed by atoms with E-state index in [1.165, 1.54) is 11.8 Å². The molecule has 4 rings (SSSR count). The lowest BCUT2D eigenvalue weighted by Crippen LogP contribution is -2.50. The first kappa shape index (κ1) is 23.9. The number of aromatic nitrogens is 4. The molecule has 1 N–H and O–H groups in total. The fourth-order valence-corrected chi connectivity index (χ4v) is 4.59. The maximum absolute atomic E-state index is 12.8. The van der Waals surface area contributed by atoms with Crippen molar-refractivity contribution < 1.29 is 9.59 Å². The van der Waals surface area contributed by atoms with Crippen molar-refractivity contribution >= 4 is 29.3 Å². The first-order chi connectivity index (χ1) is 16.4. The highest BCUT2D eigenvalue weighted by molar-refractivity contribution is 7.99. The zero-order valence-electron chi connectivity index (χ0n) is 19.7. The number of hydrogen-bond donors (Lipinski definition) is 1. The second-order valence-corrected chi connectivity index (χ2v) is 9.39. The Labute approximate surface area is 203 Å². The molecule has 0 spiro atoms. The van der Waals surface area contributed by atoms with E-state index in [1.807, 2.05) is 68.1 Å². The highest BCUT2D eigenvalue weighted by atomic mass is 32.2. The Balaban J connectivity index is 1.25. The molecular formula is C24H29N7O2S. The van der Waals surface area contributed by atoms with Gasteiger partial charge in [-0.2, -0.15) is 4.68 Å². The Hall–Kier alpha value is -3.24. The number of nitrogens with zero attached hydrogens (tertiary/aromatic N) is 6. The van der Waals surface area contributed by atoms with Gasteiger partial charge in [0.25, 0.3) is 0 Å². The molecule has 0 unspecified atom stereocenters. The summed E-state index contributed by atoms with van der Waals surface area (Å²) in [6.45, 7) is 8.93. The van der Waals surface area contributed by atoms with Crippen LogP contribution < -0.4 is 5.32 Å². The third-order valence-corrected chi connectivity index (χ3v) is 6.90. The molecular weight excluding hydrogens is 450 g/mol. The van der Waals surface area contributed by atoms with Crippen molar-refractivity contribution in [1.29, 1.82) is 0 Å². The number of carbonyl (C=O) groups excluding carboxylic acids is 2. The van der Waals surface area contributed by atoms with Crippen molar-refractivity contribution in [1.82, 2.24) is 30.0 Å². The number of nitrogens with one attached hydrogen (secondary N) is 1. The summed E-state index contributed by atoms with van der Waals surface area (Å²) in [6.07, 6.45) is 0. The second-order valence-electron chi connectivity index (χ2n) is 8.45. The van der Waals surface area contributed by atoms with Gasteiger partial charge in [0, 0.05) is 31.9 Å². The number of piperazine rings is 1. The van der Waals surface area contributed by atoms with Gasteiger partial charge in [0.2, 0.25) is 17.0 Å². The molecule has 2 aromatic carbocycles. The van der Waals surface area contributed by atoms with Gasteiger partial charge >= 0.3 is 0 Å². The lowest BCUT2D eigenvalue weighted by atomic mass is 10.1. The van der Waals surface area contributed by atoms with Crippen molar-refractivity contribution in [3.05, 3.63) is 59.2 Å². The molecule has 1 aromatic heterocycles. The lowest BCUT2D eigenvalue weighted by molar-refractivity contribution is -0.130. The summed E-state index contributed by atoms with van der Waals surface area (Å²) in [6, 6.07) is 13.7. The Bertz CT molecular complexity index is 1150. The SMILES string of the molecule is Cc1ccc(NC(=O)CN2CCN(C(=O)CSc3nnnn3-c3cccc(C)c3C)CC2)cc1. The van der Waals surface area contributed by atoms with Gasteiger partial charge in [-0.3, -0.25) is 14.5 Å². The third-order valence-electron chi connectivity index (χ3n) is 6.00. The molecule has 0 bridgehead atoms. The number of benzene rings is 2. The summed E-state index contributed by atoms with van der Waals surface area (Å²) < 4.78 is 1.69. The monoisotopic (exact) mass is 479 g/mol. The minimum absolute atomic E-state index is 0.0440. The van der Waals surface area contributed by atoms with E-state index in [1.54, 1.807) is 4.68 Å². The van der Waals surface area contributed by atoms with Crippen LogP contribution in [0.15, 0.2) is 47.6 Å². The fraction of sp³-hybridized carbons (Fsp3) is 0.375. The Morgan fingerprint density at radius 1 is 1.00 bits per heavy atom. The van der Waals surface area contributed by atoms with Crippen molar-refractivity contribution in [2.24, 2.45) is 0 Å². The topological polar surface area (TPSA) is 96.2 Å². The number of carbonyl (C=O) groups is 2. The normalized spacial score (nSPS) is 14.3. The highest BCUT2D eigenvalue weighted by Crippen LogP contribution is 2.22. The molecule has 2 heterocycles. The molecule has 3 aromatic rings. The summed E-state index contributed by atoms with van der Waals surface area (Å²) in [7, 11) is 0. The van der Waals surface area contributed by atoms with Gasteiger partial charge in [0.05, 0.1) is 18.0 Å². The van der Waals surface area contributed by atoms with Crippen LogP contribution in [-0.2, 0) is 9.59 Å². The van der Waals surface area contributed by atoms with Gasteiger partial charge in [-0.25, -0.2) is 0 Å². The molecule has 9 nitrogen and oxygen atoms in total. The molecule has 0 radical (unpaired) electrons. The quantitative estimate of drug-likeness (QED) is 0.520. The largest absolute Gasteiger partial charge is 0.339 e. The summed E-state index contributed by atoms with van der Waals surface area (Å²) in [5.41, 5.74) is 5.12. The van der Waals surface area contributed by atoms with Crippen molar-refractivity contribution in [3.63, 3.8) is 0 Å². The summed E-state index contributed by atoms with van der Waals surface area (Å²) >= 11 is 1.34. The van der Waals surface area contributed by atoms with Gasteiger partial charge in [0.15, 0.2) is 0 Å². The van der Waals surface area contributed by atoms with Gasteiger partial charge < -0.3 is 10.2 Å². The summed E-state index contributed by atoms with van der Waals surface area (Å²) in [4.78, 5) is 29.1. The van der Waals surface area contributed by atoms with Gasteiger partial charge in [-0.05, 0) is 60.5 Å².